The first-order valence-corrected chi connectivity index (χ1v) is 11.2. The highest BCUT2D eigenvalue weighted by atomic mass is 79.9. The molecular formula is C22H30BrN3O. The number of amides is 1. The van der Waals surface area contributed by atoms with E-state index < -0.39 is 0 Å². The van der Waals surface area contributed by atoms with Gasteiger partial charge in [-0.25, -0.2) is 4.98 Å². The standard InChI is InChI=1S/C22H30BrN3O/c1-20-9-16-10-21(2,13-20)15-22(11-16,14-20)19(27)26-7-5-25(6-8-26)18-4-3-17(23)12-24-18/h3-4,12,16H,5-11,13-15H2,1-2H3. The molecule has 1 amide bonds. The number of rotatable bonds is 2. The van der Waals surface area contributed by atoms with Crippen LogP contribution in [0.4, 0.5) is 5.82 Å². The van der Waals surface area contributed by atoms with Crippen LogP contribution < -0.4 is 4.90 Å². The van der Waals surface area contributed by atoms with Gasteiger partial charge in [0, 0.05) is 36.8 Å². The van der Waals surface area contributed by atoms with E-state index in [2.05, 4.69) is 50.6 Å². The van der Waals surface area contributed by atoms with Gasteiger partial charge in [0.15, 0.2) is 0 Å². The molecule has 4 nitrogen and oxygen atoms in total. The van der Waals surface area contributed by atoms with Crippen LogP contribution in [0.5, 0.6) is 0 Å². The quantitative estimate of drug-likeness (QED) is 0.691. The van der Waals surface area contributed by atoms with E-state index in [0.29, 0.717) is 16.7 Å². The third-order valence-corrected chi connectivity index (χ3v) is 8.15. The molecule has 1 aromatic rings. The van der Waals surface area contributed by atoms with E-state index in [1.807, 2.05) is 12.3 Å². The Morgan fingerprint density at radius 3 is 2.26 bits per heavy atom. The summed E-state index contributed by atoms with van der Waals surface area (Å²) in [5.41, 5.74) is 0.723. The minimum atomic E-state index is -0.0685. The molecule has 2 heterocycles. The Bertz CT molecular complexity index is 737. The zero-order chi connectivity index (χ0) is 18.9. The number of carbonyl (C=O) groups is 1. The summed E-state index contributed by atoms with van der Waals surface area (Å²) in [6, 6.07) is 4.10. The van der Waals surface area contributed by atoms with Crippen LogP contribution in [-0.2, 0) is 4.79 Å². The topological polar surface area (TPSA) is 36.4 Å². The molecule has 5 aliphatic rings. The lowest BCUT2D eigenvalue weighted by molar-refractivity contribution is -0.179. The van der Waals surface area contributed by atoms with Gasteiger partial charge >= 0.3 is 0 Å². The monoisotopic (exact) mass is 431 g/mol. The number of anilines is 1. The summed E-state index contributed by atoms with van der Waals surface area (Å²) in [6.07, 6.45) is 9.27. The number of hydrogen-bond acceptors (Lipinski definition) is 3. The van der Waals surface area contributed by atoms with E-state index in [-0.39, 0.29) is 5.41 Å². The third kappa shape index (κ3) is 3.01. The Kier molecular flexibility index (Phi) is 3.96. The van der Waals surface area contributed by atoms with Gasteiger partial charge in [-0.1, -0.05) is 13.8 Å². The fourth-order valence-corrected chi connectivity index (χ4v) is 7.95. The lowest BCUT2D eigenvalue weighted by atomic mass is 9.40. The van der Waals surface area contributed by atoms with Crippen LogP contribution in [0.25, 0.3) is 0 Å². The van der Waals surface area contributed by atoms with Crippen molar-refractivity contribution in [3.05, 3.63) is 22.8 Å². The smallest absolute Gasteiger partial charge is 0.228 e. The molecule has 2 atom stereocenters. The highest BCUT2D eigenvalue weighted by molar-refractivity contribution is 9.10. The lowest BCUT2D eigenvalue weighted by Crippen LogP contribution is -2.62. The Hall–Kier alpha value is -1.10. The van der Waals surface area contributed by atoms with Crippen LogP contribution in [-0.4, -0.2) is 42.0 Å². The number of pyridine rings is 1. The summed E-state index contributed by atoms with van der Waals surface area (Å²) in [6.45, 7) is 8.33. The highest BCUT2D eigenvalue weighted by Crippen LogP contribution is 2.69. The fourth-order valence-electron chi connectivity index (χ4n) is 7.72. The molecular weight excluding hydrogens is 402 g/mol. The van der Waals surface area contributed by atoms with Crippen molar-refractivity contribution in [2.24, 2.45) is 22.2 Å². The number of halogens is 1. The van der Waals surface area contributed by atoms with Crippen LogP contribution in [0.15, 0.2) is 22.8 Å². The van der Waals surface area contributed by atoms with E-state index in [0.717, 1.165) is 61.6 Å². The molecule has 1 aliphatic heterocycles. The lowest BCUT2D eigenvalue weighted by Gasteiger charge is -2.65. The first kappa shape index (κ1) is 18.0. The molecule has 1 saturated heterocycles. The molecule has 4 saturated carbocycles. The molecule has 0 radical (unpaired) electrons. The van der Waals surface area contributed by atoms with Crippen LogP contribution >= 0.6 is 15.9 Å². The molecule has 0 spiro atoms. The number of aromatic nitrogens is 1. The molecule has 0 N–H and O–H groups in total. The Morgan fingerprint density at radius 2 is 1.70 bits per heavy atom. The summed E-state index contributed by atoms with van der Waals surface area (Å²) in [4.78, 5) is 22.7. The van der Waals surface area contributed by atoms with E-state index in [1.54, 1.807) is 0 Å². The van der Waals surface area contributed by atoms with Gasteiger partial charge in [0.1, 0.15) is 5.82 Å². The second-order valence-corrected chi connectivity index (χ2v) is 11.4. The molecule has 4 aliphatic carbocycles. The molecule has 0 aromatic carbocycles. The van der Waals surface area contributed by atoms with Gasteiger partial charge in [0.25, 0.3) is 0 Å². The van der Waals surface area contributed by atoms with Crippen LogP contribution in [0, 0.1) is 22.2 Å². The molecule has 5 fully saturated rings. The molecule has 27 heavy (non-hydrogen) atoms. The van der Waals surface area contributed by atoms with Gasteiger partial charge in [-0.05, 0) is 83.3 Å². The number of carbonyl (C=O) groups excluding carboxylic acids is 1. The third-order valence-electron chi connectivity index (χ3n) is 7.68. The predicted molar refractivity (Wildman–Crippen MR) is 111 cm³/mol. The summed E-state index contributed by atoms with van der Waals surface area (Å²) < 4.78 is 1.00. The minimum absolute atomic E-state index is 0.0685. The molecule has 1 aromatic heterocycles. The van der Waals surface area contributed by atoms with Crippen LogP contribution in [0.3, 0.4) is 0 Å². The summed E-state index contributed by atoms with van der Waals surface area (Å²) in [7, 11) is 0. The molecule has 5 heteroatoms. The van der Waals surface area contributed by atoms with Crippen molar-refractivity contribution in [2.45, 2.75) is 52.4 Å². The average Bonchev–Trinajstić information content (AvgIpc) is 2.59. The van der Waals surface area contributed by atoms with E-state index in [1.165, 1.54) is 19.3 Å². The van der Waals surface area contributed by atoms with Gasteiger partial charge in [0.05, 0.1) is 5.41 Å². The maximum absolute atomic E-state index is 13.7. The van der Waals surface area contributed by atoms with Gasteiger partial charge < -0.3 is 9.80 Å². The Balaban J connectivity index is 1.30. The van der Waals surface area contributed by atoms with Crippen molar-refractivity contribution < 1.29 is 4.79 Å². The molecule has 2 unspecified atom stereocenters. The second kappa shape index (κ2) is 5.95. The van der Waals surface area contributed by atoms with Gasteiger partial charge in [-0.15, -0.1) is 0 Å². The summed E-state index contributed by atoms with van der Waals surface area (Å²) in [5.74, 6) is 2.25. The average molecular weight is 432 g/mol. The normalized spacial score (nSPS) is 40.5. The first-order valence-electron chi connectivity index (χ1n) is 10.4. The van der Waals surface area contributed by atoms with Gasteiger partial charge in [-0.2, -0.15) is 0 Å². The molecule has 6 rings (SSSR count). The maximum Gasteiger partial charge on any atom is 0.228 e. The molecule has 4 bridgehead atoms. The zero-order valence-corrected chi connectivity index (χ0v) is 18.1. The molecule has 146 valence electrons. The van der Waals surface area contributed by atoms with Gasteiger partial charge in [0.2, 0.25) is 5.91 Å². The minimum Gasteiger partial charge on any atom is -0.353 e. The summed E-state index contributed by atoms with van der Waals surface area (Å²) in [5, 5.41) is 0. The van der Waals surface area contributed by atoms with Crippen molar-refractivity contribution in [3.8, 4) is 0 Å². The number of nitrogens with zero attached hydrogens (tertiary/aromatic N) is 3. The van der Waals surface area contributed by atoms with Crippen molar-refractivity contribution in [1.82, 2.24) is 9.88 Å². The van der Waals surface area contributed by atoms with Crippen molar-refractivity contribution in [3.63, 3.8) is 0 Å². The fraction of sp³-hybridized carbons (Fsp3) is 0.727. The number of hydrogen-bond donors (Lipinski definition) is 0. The van der Waals surface area contributed by atoms with Crippen molar-refractivity contribution >= 4 is 27.7 Å². The van der Waals surface area contributed by atoms with Crippen molar-refractivity contribution in [2.75, 3.05) is 31.1 Å². The second-order valence-electron chi connectivity index (χ2n) is 10.5. The van der Waals surface area contributed by atoms with E-state index in [9.17, 15) is 4.79 Å². The summed E-state index contributed by atoms with van der Waals surface area (Å²) >= 11 is 3.45. The predicted octanol–water partition coefficient (Wildman–Crippen LogP) is 4.49. The Labute approximate surface area is 170 Å². The zero-order valence-electron chi connectivity index (χ0n) is 16.5. The largest absolute Gasteiger partial charge is 0.353 e. The van der Waals surface area contributed by atoms with Crippen LogP contribution in [0.2, 0.25) is 0 Å². The van der Waals surface area contributed by atoms with E-state index >= 15 is 0 Å². The number of piperazine rings is 1. The van der Waals surface area contributed by atoms with Gasteiger partial charge in [-0.3, -0.25) is 4.79 Å². The first-order chi connectivity index (χ1) is 12.8. The van der Waals surface area contributed by atoms with E-state index in [4.69, 9.17) is 0 Å². The SMILES string of the molecule is CC12CC3CC(C)(C1)CC(C(=O)N1CCN(c4ccc(Br)cn4)CC1)(C3)C2. The van der Waals surface area contributed by atoms with Crippen LogP contribution in [0.1, 0.15) is 52.4 Å². The maximum atomic E-state index is 13.7. The Morgan fingerprint density at radius 1 is 1.04 bits per heavy atom. The highest BCUT2D eigenvalue weighted by Gasteiger charge is 2.63. The van der Waals surface area contributed by atoms with Crippen molar-refractivity contribution in [1.29, 1.82) is 0 Å².